The van der Waals surface area contributed by atoms with Crippen LogP contribution in [0.15, 0.2) is 36.4 Å². The molecule has 0 saturated heterocycles. The summed E-state index contributed by atoms with van der Waals surface area (Å²) < 4.78 is 6.79. The molecule has 0 aliphatic rings. The molecule has 0 saturated carbocycles. The third-order valence-corrected chi connectivity index (χ3v) is 2.78. The Morgan fingerprint density at radius 3 is 2.74 bits per heavy atom. The molecule has 0 radical (unpaired) electrons. The number of carbonyl (C=O) groups excluding carboxylic acids is 1. The van der Waals surface area contributed by atoms with Crippen LogP contribution in [-0.4, -0.2) is 31.9 Å². The largest absolute Gasteiger partial charge is 0.444 e. The second kappa shape index (κ2) is 7.53. The molecule has 1 heterocycles. The van der Waals surface area contributed by atoms with Gasteiger partial charge in [0.2, 0.25) is 0 Å². The lowest BCUT2D eigenvalue weighted by atomic mass is 10.2. The van der Waals surface area contributed by atoms with Crippen LogP contribution in [0, 0.1) is 0 Å². The van der Waals surface area contributed by atoms with E-state index in [4.69, 9.17) is 4.74 Å². The fourth-order valence-corrected chi connectivity index (χ4v) is 1.81. The van der Waals surface area contributed by atoms with Crippen molar-refractivity contribution in [2.45, 2.75) is 39.5 Å². The van der Waals surface area contributed by atoms with Gasteiger partial charge in [0.25, 0.3) is 0 Å². The van der Waals surface area contributed by atoms with E-state index in [0.29, 0.717) is 12.4 Å². The molecule has 7 heteroatoms. The molecule has 0 fully saturated rings. The van der Waals surface area contributed by atoms with Gasteiger partial charge in [-0.3, -0.25) is 0 Å². The highest BCUT2D eigenvalue weighted by Gasteiger charge is 2.16. The molecule has 122 valence electrons. The van der Waals surface area contributed by atoms with Gasteiger partial charge in [0.1, 0.15) is 5.60 Å². The van der Waals surface area contributed by atoms with Crippen LogP contribution in [0.5, 0.6) is 0 Å². The van der Waals surface area contributed by atoms with Gasteiger partial charge in [-0.2, -0.15) is 0 Å². The Morgan fingerprint density at radius 1 is 1.30 bits per heavy atom. The molecule has 0 spiro atoms. The molecule has 23 heavy (non-hydrogen) atoms. The van der Waals surface area contributed by atoms with Gasteiger partial charge < -0.3 is 10.1 Å². The Hall–Kier alpha value is -2.70. The first kappa shape index (κ1) is 16.7. The fraction of sp³-hybridized carbons (Fsp3) is 0.375. The van der Waals surface area contributed by atoms with Gasteiger partial charge in [0, 0.05) is 0 Å². The van der Waals surface area contributed by atoms with Gasteiger partial charge in [0.15, 0.2) is 5.82 Å². The van der Waals surface area contributed by atoms with Crippen molar-refractivity contribution in [1.29, 1.82) is 0 Å². The third kappa shape index (κ3) is 5.90. The van der Waals surface area contributed by atoms with E-state index < -0.39 is 11.7 Å². The molecule has 0 aliphatic heterocycles. The van der Waals surface area contributed by atoms with Crippen LogP contribution in [0.3, 0.4) is 0 Å². The average Bonchev–Trinajstić information content (AvgIpc) is 2.92. The second-order valence-electron chi connectivity index (χ2n) is 5.95. The highest BCUT2D eigenvalue weighted by Crippen LogP contribution is 2.07. The van der Waals surface area contributed by atoms with Crippen LogP contribution in [0.1, 0.15) is 32.2 Å². The van der Waals surface area contributed by atoms with Crippen LogP contribution >= 0.6 is 0 Å². The minimum Gasteiger partial charge on any atom is -0.444 e. The maximum absolute atomic E-state index is 11.6. The zero-order chi connectivity index (χ0) is 16.7. The quantitative estimate of drug-likeness (QED) is 0.916. The lowest BCUT2D eigenvalue weighted by Crippen LogP contribution is -2.32. The summed E-state index contributed by atoms with van der Waals surface area (Å²) in [6.45, 7) is 6.16. The number of amides is 1. The first-order valence-electron chi connectivity index (χ1n) is 7.37. The van der Waals surface area contributed by atoms with Crippen molar-refractivity contribution in [1.82, 2.24) is 25.5 Å². The number of hydrogen-bond donors (Lipinski definition) is 1. The number of benzene rings is 1. The maximum atomic E-state index is 11.6. The van der Waals surface area contributed by atoms with E-state index in [2.05, 4.69) is 20.8 Å². The molecule has 0 unspecified atom stereocenters. The summed E-state index contributed by atoms with van der Waals surface area (Å²) in [5.41, 5.74) is 0.572. The molecular weight excluding hydrogens is 294 g/mol. The van der Waals surface area contributed by atoms with Crippen LogP contribution in [0.2, 0.25) is 0 Å². The van der Waals surface area contributed by atoms with E-state index in [1.165, 1.54) is 0 Å². The van der Waals surface area contributed by atoms with Crippen molar-refractivity contribution in [3.05, 3.63) is 47.8 Å². The van der Waals surface area contributed by atoms with E-state index in [0.717, 1.165) is 5.56 Å². The lowest BCUT2D eigenvalue weighted by Gasteiger charge is -2.19. The minimum absolute atomic E-state index is 0.209. The van der Waals surface area contributed by atoms with Gasteiger partial charge in [-0.25, -0.2) is 9.48 Å². The third-order valence-electron chi connectivity index (χ3n) is 2.78. The van der Waals surface area contributed by atoms with Crippen LogP contribution in [0.25, 0.3) is 6.08 Å². The Balaban J connectivity index is 1.87. The summed E-state index contributed by atoms with van der Waals surface area (Å²) in [4.78, 5) is 11.6. The highest BCUT2D eigenvalue weighted by molar-refractivity contribution is 5.67. The molecule has 2 aromatic rings. The van der Waals surface area contributed by atoms with E-state index >= 15 is 0 Å². The fourth-order valence-electron chi connectivity index (χ4n) is 1.81. The van der Waals surface area contributed by atoms with Gasteiger partial charge >= 0.3 is 6.09 Å². The Kier molecular flexibility index (Phi) is 5.46. The van der Waals surface area contributed by atoms with E-state index in [1.807, 2.05) is 63.3 Å². The smallest absolute Gasteiger partial charge is 0.408 e. The summed E-state index contributed by atoms with van der Waals surface area (Å²) in [7, 11) is 0. The predicted octanol–water partition coefficient (Wildman–Crippen LogP) is 2.41. The number of hydrogen-bond acceptors (Lipinski definition) is 5. The number of allylic oxidation sites excluding steroid dienone is 1. The van der Waals surface area contributed by atoms with Crippen molar-refractivity contribution < 1.29 is 9.53 Å². The monoisotopic (exact) mass is 315 g/mol. The van der Waals surface area contributed by atoms with Crippen LogP contribution in [0.4, 0.5) is 4.79 Å². The van der Waals surface area contributed by atoms with Crippen molar-refractivity contribution in [2.75, 3.05) is 0 Å². The van der Waals surface area contributed by atoms with E-state index in [-0.39, 0.29) is 6.54 Å². The molecule has 0 bridgehead atoms. The van der Waals surface area contributed by atoms with Gasteiger partial charge in [-0.15, -0.1) is 5.10 Å². The number of ether oxygens (including phenoxy) is 1. The summed E-state index contributed by atoms with van der Waals surface area (Å²) in [6, 6.07) is 9.96. The zero-order valence-corrected chi connectivity index (χ0v) is 13.6. The van der Waals surface area contributed by atoms with E-state index in [1.54, 1.807) is 4.68 Å². The molecule has 0 atom stereocenters. The number of rotatable bonds is 5. The number of carbonyl (C=O) groups is 1. The maximum Gasteiger partial charge on any atom is 0.408 e. The molecule has 2 rings (SSSR count). The highest BCUT2D eigenvalue weighted by atomic mass is 16.6. The number of nitrogens with zero attached hydrogens (tertiary/aromatic N) is 4. The molecule has 7 nitrogen and oxygen atoms in total. The van der Waals surface area contributed by atoms with Crippen molar-refractivity contribution in [3.63, 3.8) is 0 Å². The van der Waals surface area contributed by atoms with E-state index in [9.17, 15) is 4.79 Å². The molecule has 1 N–H and O–H groups in total. The average molecular weight is 315 g/mol. The van der Waals surface area contributed by atoms with Gasteiger partial charge in [-0.05, 0) is 36.8 Å². The Morgan fingerprint density at radius 2 is 2.04 bits per heavy atom. The Labute approximate surface area is 135 Å². The molecule has 0 aliphatic carbocycles. The number of nitrogens with one attached hydrogen (secondary N) is 1. The molecule has 1 aromatic heterocycles. The first-order valence-corrected chi connectivity index (χ1v) is 7.37. The standard InChI is InChI=1S/C16H21N5O2/c1-16(2,3)23-15(22)17-12-14-18-19-20-21(14)11-7-10-13-8-5-4-6-9-13/h4-10H,11-12H2,1-3H3,(H,17,22). The summed E-state index contributed by atoms with van der Waals surface area (Å²) >= 11 is 0. The Bertz CT molecular complexity index is 659. The second-order valence-corrected chi connectivity index (χ2v) is 5.95. The number of aromatic nitrogens is 4. The SMILES string of the molecule is CC(C)(C)OC(=O)NCc1nnnn1CC=Cc1ccccc1. The minimum atomic E-state index is -0.533. The van der Waals surface area contributed by atoms with Crippen molar-refractivity contribution in [3.8, 4) is 0 Å². The van der Waals surface area contributed by atoms with Crippen LogP contribution in [-0.2, 0) is 17.8 Å². The summed E-state index contributed by atoms with van der Waals surface area (Å²) in [5, 5.41) is 14.1. The zero-order valence-electron chi connectivity index (χ0n) is 13.6. The van der Waals surface area contributed by atoms with Crippen molar-refractivity contribution >= 4 is 12.2 Å². The predicted molar refractivity (Wildman–Crippen MR) is 86.4 cm³/mol. The lowest BCUT2D eigenvalue weighted by molar-refractivity contribution is 0.0521. The van der Waals surface area contributed by atoms with Crippen LogP contribution < -0.4 is 5.32 Å². The van der Waals surface area contributed by atoms with Gasteiger partial charge in [0.05, 0.1) is 13.1 Å². The summed E-state index contributed by atoms with van der Waals surface area (Å²) in [6.07, 6.45) is 3.46. The number of tetrazole rings is 1. The summed E-state index contributed by atoms with van der Waals surface area (Å²) in [5.74, 6) is 0.563. The topological polar surface area (TPSA) is 81.9 Å². The normalized spacial score (nSPS) is 11.6. The number of alkyl carbamates (subject to hydrolysis) is 1. The molecule has 1 amide bonds. The first-order chi connectivity index (χ1) is 10.9. The van der Waals surface area contributed by atoms with Gasteiger partial charge in [-0.1, -0.05) is 42.5 Å². The molecule has 1 aromatic carbocycles. The molecular formula is C16H21N5O2. The van der Waals surface area contributed by atoms with Crippen molar-refractivity contribution in [2.24, 2.45) is 0 Å².